The number of benzene rings is 3. The standard InChI is InChI=1S/C32H31N5O3S/c1-22(30(38)34-25-16-18-33-19-17-25)41-28-11-7-10-26(21-28)35-32(40)29(36-31(39)24-8-5-4-6-9-24)20-23-12-14-27(15-13-23)37(2)3/h4-22H,1-3H3,(H,35,40)(H,36,39)(H,33,34,38)/b29-20+. The van der Waals surface area contributed by atoms with Crippen LogP contribution < -0.4 is 20.9 Å². The highest BCUT2D eigenvalue weighted by molar-refractivity contribution is 8.00. The molecule has 0 aliphatic heterocycles. The first-order chi connectivity index (χ1) is 19.8. The molecule has 0 saturated heterocycles. The minimum absolute atomic E-state index is 0.0969. The molecule has 4 rings (SSSR count). The van der Waals surface area contributed by atoms with Gasteiger partial charge in [-0.1, -0.05) is 36.4 Å². The topological polar surface area (TPSA) is 103 Å². The number of nitrogens with one attached hydrogen (secondary N) is 3. The van der Waals surface area contributed by atoms with E-state index in [-0.39, 0.29) is 16.9 Å². The second kappa shape index (κ2) is 14.0. The summed E-state index contributed by atoms with van der Waals surface area (Å²) in [6.07, 6.45) is 4.87. The van der Waals surface area contributed by atoms with Crippen LogP contribution >= 0.6 is 11.8 Å². The molecule has 3 N–H and O–H groups in total. The first kappa shape index (κ1) is 29.1. The van der Waals surface area contributed by atoms with Gasteiger partial charge in [0, 0.05) is 54.0 Å². The second-order valence-electron chi connectivity index (χ2n) is 9.33. The molecule has 3 aromatic carbocycles. The monoisotopic (exact) mass is 565 g/mol. The lowest BCUT2D eigenvalue weighted by atomic mass is 10.1. The summed E-state index contributed by atoms with van der Waals surface area (Å²) >= 11 is 1.37. The van der Waals surface area contributed by atoms with Crippen molar-refractivity contribution in [3.05, 3.63) is 120 Å². The maximum absolute atomic E-state index is 13.4. The zero-order valence-electron chi connectivity index (χ0n) is 23.0. The van der Waals surface area contributed by atoms with E-state index in [4.69, 9.17) is 0 Å². The van der Waals surface area contributed by atoms with E-state index < -0.39 is 11.8 Å². The number of anilines is 3. The molecule has 3 amide bonds. The van der Waals surface area contributed by atoms with Gasteiger partial charge in [0.2, 0.25) is 5.91 Å². The first-order valence-electron chi connectivity index (χ1n) is 12.9. The molecule has 0 saturated carbocycles. The van der Waals surface area contributed by atoms with Gasteiger partial charge >= 0.3 is 0 Å². The van der Waals surface area contributed by atoms with Crippen molar-refractivity contribution in [3.8, 4) is 0 Å². The van der Waals surface area contributed by atoms with Gasteiger partial charge in [0.15, 0.2) is 0 Å². The smallest absolute Gasteiger partial charge is 0.272 e. The summed E-state index contributed by atoms with van der Waals surface area (Å²) in [7, 11) is 3.90. The summed E-state index contributed by atoms with van der Waals surface area (Å²) in [5.41, 5.74) is 3.51. The summed E-state index contributed by atoms with van der Waals surface area (Å²) in [6, 6.07) is 27.0. The Morgan fingerprint density at radius 3 is 2.22 bits per heavy atom. The molecule has 8 nitrogen and oxygen atoms in total. The number of rotatable bonds is 10. The van der Waals surface area contributed by atoms with E-state index in [1.165, 1.54) is 11.8 Å². The lowest BCUT2D eigenvalue weighted by Crippen LogP contribution is -2.30. The largest absolute Gasteiger partial charge is 0.378 e. The molecule has 9 heteroatoms. The molecule has 0 fully saturated rings. The van der Waals surface area contributed by atoms with E-state index in [1.54, 1.807) is 73.1 Å². The van der Waals surface area contributed by atoms with Gasteiger partial charge in [0.05, 0.1) is 5.25 Å². The number of thioether (sulfide) groups is 1. The van der Waals surface area contributed by atoms with Crippen LogP contribution in [0.3, 0.4) is 0 Å². The quantitative estimate of drug-likeness (QED) is 0.169. The number of pyridine rings is 1. The van der Waals surface area contributed by atoms with Crippen molar-refractivity contribution >= 4 is 52.6 Å². The molecule has 208 valence electrons. The van der Waals surface area contributed by atoms with Gasteiger partial charge in [0.25, 0.3) is 11.8 Å². The molecule has 1 aromatic heterocycles. The van der Waals surface area contributed by atoms with Gasteiger partial charge < -0.3 is 20.9 Å². The van der Waals surface area contributed by atoms with Crippen LogP contribution in [0, 0.1) is 0 Å². The summed E-state index contributed by atoms with van der Waals surface area (Å²) in [5, 5.41) is 8.12. The normalized spacial score (nSPS) is 11.7. The van der Waals surface area contributed by atoms with Crippen LogP contribution in [0.15, 0.2) is 114 Å². The maximum atomic E-state index is 13.4. The fraction of sp³-hybridized carbons (Fsp3) is 0.125. The Bertz CT molecular complexity index is 1520. The Hall–Kier alpha value is -4.89. The lowest BCUT2D eigenvalue weighted by molar-refractivity contribution is -0.115. The number of hydrogen-bond acceptors (Lipinski definition) is 6. The average Bonchev–Trinajstić information content (AvgIpc) is 2.98. The maximum Gasteiger partial charge on any atom is 0.272 e. The van der Waals surface area contributed by atoms with Crippen molar-refractivity contribution in [2.75, 3.05) is 29.6 Å². The highest BCUT2D eigenvalue weighted by Gasteiger charge is 2.17. The zero-order chi connectivity index (χ0) is 29.2. The van der Waals surface area contributed by atoms with E-state index in [0.29, 0.717) is 16.9 Å². The summed E-state index contributed by atoms with van der Waals surface area (Å²) in [4.78, 5) is 45.7. The number of nitrogens with zero attached hydrogens (tertiary/aromatic N) is 2. The van der Waals surface area contributed by atoms with E-state index in [9.17, 15) is 14.4 Å². The highest BCUT2D eigenvalue weighted by Crippen LogP contribution is 2.27. The van der Waals surface area contributed by atoms with Crippen molar-refractivity contribution in [2.24, 2.45) is 0 Å². The van der Waals surface area contributed by atoms with Crippen molar-refractivity contribution < 1.29 is 14.4 Å². The first-order valence-corrected chi connectivity index (χ1v) is 13.8. The van der Waals surface area contributed by atoms with Crippen molar-refractivity contribution in [3.63, 3.8) is 0 Å². The van der Waals surface area contributed by atoms with Gasteiger partial charge in [-0.2, -0.15) is 0 Å². The number of aromatic nitrogens is 1. The van der Waals surface area contributed by atoms with E-state index >= 15 is 0 Å². The third kappa shape index (κ3) is 8.55. The SMILES string of the molecule is CC(Sc1cccc(NC(=O)/C(=C\c2ccc(N(C)C)cc2)NC(=O)c2ccccc2)c1)C(=O)Nc1ccncc1. The van der Waals surface area contributed by atoms with Crippen molar-refractivity contribution in [2.45, 2.75) is 17.1 Å². The second-order valence-corrected chi connectivity index (χ2v) is 10.7. The molecular formula is C32H31N5O3S. The predicted molar refractivity (Wildman–Crippen MR) is 166 cm³/mol. The molecule has 0 aliphatic carbocycles. The molecule has 41 heavy (non-hydrogen) atoms. The molecule has 4 aromatic rings. The Kier molecular flexibility index (Phi) is 9.90. The minimum Gasteiger partial charge on any atom is -0.378 e. The Balaban J connectivity index is 1.49. The van der Waals surface area contributed by atoms with Gasteiger partial charge in [-0.25, -0.2) is 0 Å². The van der Waals surface area contributed by atoms with Gasteiger partial charge in [-0.05, 0) is 73.2 Å². The molecule has 0 bridgehead atoms. The van der Waals surface area contributed by atoms with Gasteiger partial charge in [0.1, 0.15) is 5.70 Å². The molecule has 1 atom stereocenters. The van der Waals surface area contributed by atoms with E-state index in [1.807, 2.05) is 62.3 Å². The van der Waals surface area contributed by atoms with Crippen LogP contribution in [-0.4, -0.2) is 42.1 Å². The van der Waals surface area contributed by atoms with Crippen LogP contribution in [0.5, 0.6) is 0 Å². The zero-order valence-corrected chi connectivity index (χ0v) is 23.8. The summed E-state index contributed by atoms with van der Waals surface area (Å²) in [6.45, 7) is 1.81. The van der Waals surface area contributed by atoms with E-state index in [0.717, 1.165) is 16.1 Å². The average molecular weight is 566 g/mol. The molecular weight excluding hydrogens is 534 g/mol. The third-order valence-electron chi connectivity index (χ3n) is 5.97. The molecule has 0 aliphatic rings. The van der Waals surface area contributed by atoms with Crippen LogP contribution in [-0.2, 0) is 9.59 Å². The van der Waals surface area contributed by atoms with Crippen LogP contribution in [0.2, 0.25) is 0 Å². The summed E-state index contributed by atoms with van der Waals surface area (Å²) < 4.78 is 0. The summed E-state index contributed by atoms with van der Waals surface area (Å²) in [5.74, 6) is -1.02. The number of hydrogen-bond donors (Lipinski definition) is 3. The number of amides is 3. The van der Waals surface area contributed by atoms with Crippen molar-refractivity contribution in [1.82, 2.24) is 10.3 Å². The molecule has 1 unspecified atom stereocenters. The number of carbonyl (C=O) groups excluding carboxylic acids is 3. The lowest BCUT2D eigenvalue weighted by Gasteiger charge is -2.14. The van der Waals surface area contributed by atoms with E-state index in [2.05, 4.69) is 20.9 Å². The van der Waals surface area contributed by atoms with Gasteiger partial charge in [-0.3, -0.25) is 19.4 Å². The van der Waals surface area contributed by atoms with Crippen LogP contribution in [0.1, 0.15) is 22.8 Å². The minimum atomic E-state index is -0.475. The fourth-order valence-electron chi connectivity index (χ4n) is 3.76. The van der Waals surface area contributed by atoms with Crippen LogP contribution in [0.25, 0.3) is 6.08 Å². The Labute approximate surface area is 243 Å². The third-order valence-corrected chi connectivity index (χ3v) is 7.06. The Morgan fingerprint density at radius 1 is 0.829 bits per heavy atom. The van der Waals surface area contributed by atoms with Crippen molar-refractivity contribution in [1.29, 1.82) is 0 Å². The van der Waals surface area contributed by atoms with Gasteiger partial charge in [-0.15, -0.1) is 11.8 Å². The number of carbonyl (C=O) groups is 3. The fourth-order valence-corrected chi connectivity index (χ4v) is 4.69. The van der Waals surface area contributed by atoms with Crippen LogP contribution in [0.4, 0.5) is 17.1 Å². The molecule has 0 radical (unpaired) electrons. The highest BCUT2D eigenvalue weighted by atomic mass is 32.2. The molecule has 1 heterocycles. The predicted octanol–water partition coefficient (Wildman–Crippen LogP) is 5.68. The Morgan fingerprint density at radius 2 is 1.54 bits per heavy atom. The molecule has 0 spiro atoms.